The van der Waals surface area contributed by atoms with Gasteiger partial charge < -0.3 is 20.6 Å². The maximum atomic E-state index is 12.1. The zero-order chi connectivity index (χ0) is 15.5. The molecule has 1 aliphatic heterocycles. The van der Waals surface area contributed by atoms with E-state index in [0.717, 1.165) is 18.9 Å². The summed E-state index contributed by atoms with van der Waals surface area (Å²) in [6.07, 6.45) is 7.21. The minimum atomic E-state index is -0.0380. The largest absolute Gasteiger partial charge is 0.396 e. The molecule has 0 spiro atoms. The number of amides is 2. The Hall–Kier alpha value is -0.810. The Morgan fingerprint density at radius 1 is 1.18 bits per heavy atom. The summed E-state index contributed by atoms with van der Waals surface area (Å²) in [7, 11) is 2.18. The van der Waals surface area contributed by atoms with Crippen LogP contribution in [0.15, 0.2) is 0 Å². The van der Waals surface area contributed by atoms with Gasteiger partial charge in [-0.3, -0.25) is 0 Å². The lowest BCUT2D eigenvalue weighted by atomic mass is 9.85. The van der Waals surface area contributed by atoms with E-state index < -0.39 is 0 Å². The molecular weight excluding hydrogens is 278 g/mol. The first kappa shape index (κ1) is 16.1. The summed E-state index contributed by atoms with van der Waals surface area (Å²) in [6, 6.07) is 0.149. The normalized spacial score (nSPS) is 35.7. The average Bonchev–Trinajstić information content (AvgIpc) is 3.10. The van der Waals surface area contributed by atoms with E-state index in [9.17, 15) is 9.90 Å². The number of likely N-dealkylation sites (tertiary alicyclic amines) is 1. The van der Waals surface area contributed by atoms with E-state index in [1.54, 1.807) is 0 Å². The van der Waals surface area contributed by atoms with E-state index in [1.807, 2.05) is 0 Å². The van der Waals surface area contributed by atoms with E-state index in [4.69, 9.17) is 0 Å². The number of nitrogens with zero attached hydrogens (tertiary/aromatic N) is 1. The van der Waals surface area contributed by atoms with Crippen LogP contribution in [-0.2, 0) is 0 Å². The van der Waals surface area contributed by atoms with Gasteiger partial charge in [-0.15, -0.1) is 0 Å². The Balaban J connectivity index is 1.36. The molecule has 0 aromatic heterocycles. The Kier molecular flexibility index (Phi) is 5.24. The van der Waals surface area contributed by atoms with Crippen LogP contribution in [0.3, 0.4) is 0 Å². The summed E-state index contributed by atoms with van der Waals surface area (Å²) in [5.74, 6) is 2.24. The van der Waals surface area contributed by atoms with Crippen LogP contribution in [0.5, 0.6) is 0 Å². The van der Waals surface area contributed by atoms with Crippen molar-refractivity contribution in [1.82, 2.24) is 15.5 Å². The van der Waals surface area contributed by atoms with Gasteiger partial charge in [-0.05, 0) is 76.4 Å². The third kappa shape index (κ3) is 3.57. The molecule has 22 heavy (non-hydrogen) atoms. The molecule has 0 aromatic carbocycles. The third-order valence-corrected chi connectivity index (χ3v) is 6.27. The highest BCUT2D eigenvalue weighted by atomic mass is 16.3. The second-order valence-corrected chi connectivity index (χ2v) is 7.64. The fourth-order valence-corrected chi connectivity index (χ4v) is 4.84. The molecule has 0 radical (unpaired) electrons. The number of aliphatic hydroxyl groups is 1. The van der Waals surface area contributed by atoms with Crippen LogP contribution in [0.25, 0.3) is 0 Å². The second-order valence-electron chi connectivity index (χ2n) is 7.64. The number of aliphatic hydroxyl groups excluding tert-OH is 1. The summed E-state index contributed by atoms with van der Waals surface area (Å²) in [4.78, 5) is 14.5. The Bertz CT molecular complexity index is 382. The summed E-state index contributed by atoms with van der Waals surface area (Å²) >= 11 is 0. The molecule has 1 heterocycles. The Morgan fingerprint density at radius 2 is 1.91 bits per heavy atom. The van der Waals surface area contributed by atoms with Crippen molar-refractivity contribution in [2.75, 3.05) is 33.3 Å². The number of hydrogen-bond donors (Lipinski definition) is 3. The first-order chi connectivity index (χ1) is 10.7. The lowest BCUT2D eigenvalue weighted by Crippen LogP contribution is -2.49. The van der Waals surface area contributed by atoms with Crippen molar-refractivity contribution in [3.05, 3.63) is 0 Å². The topological polar surface area (TPSA) is 64.6 Å². The molecule has 2 amide bonds. The molecule has 126 valence electrons. The van der Waals surface area contributed by atoms with Crippen LogP contribution in [0.2, 0.25) is 0 Å². The number of urea groups is 1. The molecule has 3 fully saturated rings. The maximum Gasteiger partial charge on any atom is 0.315 e. The first-order valence-electron chi connectivity index (χ1n) is 9.01. The smallest absolute Gasteiger partial charge is 0.315 e. The number of fused-ring (bicyclic) bond motifs is 2. The number of carbonyl (C=O) groups excluding carboxylic acids is 1. The van der Waals surface area contributed by atoms with E-state index >= 15 is 0 Å². The van der Waals surface area contributed by atoms with Crippen LogP contribution in [-0.4, -0.2) is 55.4 Å². The van der Waals surface area contributed by atoms with Crippen molar-refractivity contribution in [2.24, 2.45) is 23.7 Å². The van der Waals surface area contributed by atoms with Gasteiger partial charge in [0.25, 0.3) is 0 Å². The quantitative estimate of drug-likeness (QED) is 0.720. The zero-order valence-corrected chi connectivity index (χ0v) is 13.8. The van der Waals surface area contributed by atoms with E-state index in [2.05, 4.69) is 22.6 Å². The second kappa shape index (κ2) is 7.18. The van der Waals surface area contributed by atoms with Crippen LogP contribution in [0, 0.1) is 23.7 Å². The fourth-order valence-electron chi connectivity index (χ4n) is 4.84. The predicted molar refractivity (Wildman–Crippen MR) is 86.6 cm³/mol. The summed E-state index contributed by atoms with van der Waals surface area (Å²) in [6.45, 7) is 3.34. The minimum absolute atomic E-state index is 0.0380. The van der Waals surface area contributed by atoms with Gasteiger partial charge in [-0.1, -0.05) is 0 Å². The van der Waals surface area contributed by atoms with E-state index in [-0.39, 0.29) is 24.6 Å². The van der Waals surface area contributed by atoms with Gasteiger partial charge in [-0.25, -0.2) is 4.79 Å². The highest BCUT2D eigenvalue weighted by molar-refractivity contribution is 5.74. The molecule has 5 heteroatoms. The monoisotopic (exact) mass is 309 g/mol. The Morgan fingerprint density at radius 3 is 2.64 bits per heavy atom. The molecular formula is C17H31N3O2. The van der Waals surface area contributed by atoms with Gasteiger partial charge in [0.15, 0.2) is 0 Å². The molecule has 2 saturated carbocycles. The van der Waals surface area contributed by atoms with Crippen LogP contribution < -0.4 is 10.6 Å². The highest BCUT2D eigenvalue weighted by Gasteiger charge is 2.47. The van der Waals surface area contributed by atoms with Crippen molar-refractivity contribution in [3.8, 4) is 0 Å². The van der Waals surface area contributed by atoms with Crippen molar-refractivity contribution in [1.29, 1.82) is 0 Å². The molecule has 2 aliphatic carbocycles. The summed E-state index contributed by atoms with van der Waals surface area (Å²) in [5.41, 5.74) is 0. The molecule has 0 aromatic rings. The zero-order valence-electron chi connectivity index (χ0n) is 13.8. The number of carbonyl (C=O) groups is 1. The predicted octanol–water partition coefficient (Wildman–Crippen LogP) is 1.42. The molecule has 4 atom stereocenters. The van der Waals surface area contributed by atoms with Crippen molar-refractivity contribution < 1.29 is 9.90 Å². The summed E-state index contributed by atoms with van der Waals surface area (Å²) in [5, 5.41) is 15.7. The number of piperidine rings is 1. The third-order valence-electron chi connectivity index (χ3n) is 6.27. The highest BCUT2D eigenvalue weighted by Crippen LogP contribution is 2.48. The molecule has 1 saturated heterocycles. The van der Waals surface area contributed by atoms with E-state index in [0.29, 0.717) is 11.8 Å². The lowest BCUT2D eigenvalue weighted by Gasteiger charge is -2.31. The molecule has 2 bridgehead atoms. The number of hydrogen-bond acceptors (Lipinski definition) is 3. The van der Waals surface area contributed by atoms with Gasteiger partial charge in [0.05, 0.1) is 0 Å². The van der Waals surface area contributed by atoms with Crippen molar-refractivity contribution in [2.45, 2.75) is 44.6 Å². The minimum Gasteiger partial charge on any atom is -0.396 e. The number of rotatable bonds is 5. The average molecular weight is 309 g/mol. The van der Waals surface area contributed by atoms with Gasteiger partial charge in [0, 0.05) is 25.1 Å². The lowest BCUT2D eigenvalue weighted by molar-refractivity contribution is 0.144. The number of nitrogens with one attached hydrogen (secondary N) is 2. The van der Waals surface area contributed by atoms with Crippen LogP contribution >= 0.6 is 0 Å². The standard InChI is InChI=1S/C17H31N3O2/c1-20-8-5-12(6-9-20)4-7-18-17(22)19-16-14-3-2-13(10-14)15(16)11-21/h12-16,21H,2-11H2,1H3,(H2,18,19,22). The Labute approximate surface area is 133 Å². The van der Waals surface area contributed by atoms with E-state index in [1.165, 1.54) is 45.2 Å². The summed E-state index contributed by atoms with van der Waals surface area (Å²) < 4.78 is 0. The molecule has 4 unspecified atom stereocenters. The van der Waals surface area contributed by atoms with Crippen LogP contribution in [0.1, 0.15) is 38.5 Å². The van der Waals surface area contributed by atoms with Crippen molar-refractivity contribution in [3.63, 3.8) is 0 Å². The first-order valence-corrected chi connectivity index (χ1v) is 9.01. The van der Waals surface area contributed by atoms with Crippen LogP contribution in [0.4, 0.5) is 4.79 Å². The van der Waals surface area contributed by atoms with Gasteiger partial charge in [-0.2, -0.15) is 0 Å². The molecule has 3 rings (SSSR count). The SMILES string of the molecule is CN1CCC(CCNC(=O)NC2C3CCC(C3)C2CO)CC1. The molecule has 3 aliphatic rings. The van der Waals surface area contributed by atoms with Crippen molar-refractivity contribution >= 4 is 6.03 Å². The fraction of sp³-hybridized carbons (Fsp3) is 0.941. The molecule has 5 nitrogen and oxygen atoms in total. The van der Waals surface area contributed by atoms with Gasteiger partial charge >= 0.3 is 6.03 Å². The maximum absolute atomic E-state index is 12.1. The molecule has 3 N–H and O–H groups in total. The van der Waals surface area contributed by atoms with Gasteiger partial charge in [0.2, 0.25) is 0 Å². The van der Waals surface area contributed by atoms with Gasteiger partial charge in [0.1, 0.15) is 0 Å².